The predicted molar refractivity (Wildman–Crippen MR) is 81.1 cm³/mol. The van der Waals surface area contributed by atoms with Crippen LogP contribution in [0, 0.1) is 5.92 Å². The van der Waals surface area contributed by atoms with Gasteiger partial charge in [0.25, 0.3) is 0 Å². The Hall–Kier alpha value is -1.22. The molecule has 1 aliphatic carbocycles. The first-order valence-corrected chi connectivity index (χ1v) is 7.28. The lowest BCUT2D eigenvalue weighted by Gasteiger charge is -2.23. The summed E-state index contributed by atoms with van der Waals surface area (Å²) in [5.41, 5.74) is 1.18. The number of anilines is 1. The Morgan fingerprint density at radius 1 is 1.32 bits per heavy atom. The molecule has 0 spiro atoms. The van der Waals surface area contributed by atoms with E-state index < -0.39 is 0 Å². The maximum absolute atomic E-state index is 5.97. The predicted octanol–water partition coefficient (Wildman–Crippen LogP) is 2.91. The molecule has 0 aromatic heterocycles. The molecule has 0 aliphatic heterocycles. The van der Waals surface area contributed by atoms with Crippen molar-refractivity contribution in [2.24, 2.45) is 5.92 Å². The van der Waals surface area contributed by atoms with Crippen molar-refractivity contribution in [2.75, 3.05) is 32.6 Å². The van der Waals surface area contributed by atoms with Crippen LogP contribution < -0.4 is 15.0 Å². The fourth-order valence-electron chi connectivity index (χ4n) is 2.85. The molecule has 1 aliphatic rings. The first-order chi connectivity index (χ1) is 9.20. The zero-order chi connectivity index (χ0) is 13.7. The molecule has 0 radical (unpaired) electrons. The molecule has 1 unspecified atom stereocenters. The van der Waals surface area contributed by atoms with Gasteiger partial charge in [0.1, 0.15) is 12.4 Å². The second kappa shape index (κ2) is 6.80. The van der Waals surface area contributed by atoms with Crippen molar-refractivity contribution in [3.05, 3.63) is 24.3 Å². The van der Waals surface area contributed by atoms with Gasteiger partial charge in [0, 0.05) is 31.9 Å². The molecule has 0 bridgehead atoms. The molecule has 106 valence electrons. The summed E-state index contributed by atoms with van der Waals surface area (Å²) in [6.45, 7) is 0.762. The Bertz CT molecular complexity index is 386. The van der Waals surface area contributed by atoms with Crippen LogP contribution in [0.1, 0.15) is 25.7 Å². The van der Waals surface area contributed by atoms with Crippen LogP contribution in [0.3, 0.4) is 0 Å². The van der Waals surface area contributed by atoms with Gasteiger partial charge in [-0.3, -0.25) is 0 Å². The average Bonchev–Trinajstić information content (AvgIpc) is 2.94. The molecule has 1 aromatic rings. The van der Waals surface area contributed by atoms with E-state index in [2.05, 4.69) is 28.4 Å². The number of ether oxygens (including phenoxy) is 1. The van der Waals surface area contributed by atoms with Crippen molar-refractivity contribution in [3.63, 3.8) is 0 Å². The number of nitrogens with one attached hydrogen (secondary N) is 1. The number of nitrogens with zero attached hydrogens (tertiary/aromatic N) is 1. The summed E-state index contributed by atoms with van der Waals surface area (Å²) < 4.78 is 5.97. The first-order valence-electron chi connectivity index (χ1n) is 7.28. The summed E-state index contributed by atoms with van der Waals surface area (Å²) in [5, 5.41) is 3.42. The van der Waals surface area contributed by atoms with Gasteiger partial charge < -0.3 is 15.0 Å². The standard InChI is InChI=1S/C16H26N2O/c1-17-16(13-7-4-5-8-13)12-19-15-10-6-9-14(11-15)18(2)3/h6,9-11,13,16-17H,4-5,7-8,12H2,1-3H3. The highest BCUT2D eigenvalue weighted by Gasteiger charge is 2.24. The SMILES string of the molecule is CNC(COc1cccc(N(C)C)c1)C1CCCC1. The molecule has 1 saturated carbocycles. The van der Waals surface area contributed by atoms with E-state index in [9.17, 15) is 0 Å². The lowest BCUT2D eigenvalue weighted by Crippen LogP contribution is -2.37. The molecule has 0 saturated heterocycles. The van der Waals surface area contributed by atoms with Crippen LogP contribution in [-0.4, -0.2) is 33.8 Å². The van der Waals surface area contributed by atoms with Crippen molar-refractivity contribution >= 4 is 5.69 Å². The van der Waals surface area contributed by atoms with Crippen LogP contribution >= 0.6 is 0 Å². The maximum Gasteiger partial charge on any atom is 0.121 e. The van der Waals surface area contributed by atoms with Crippen molar-refractivity contribution in [3.8, 4) is 5.75 Å². The molecule has 3 nitrogen and oxygen atoms in total. The quantitative estimate of drug-likeness (QED) is 0.853. The monoisotopic (exact) mass is 262 g/mol. The molecule has 1 fully saturated rings. The second-order valence-corrected chi connectivity index (χ2v) is 5.64. The number of hydrogen-bond donors (Lipinski definition) is 1. The van der Waals surface area contributed by atoms with Crippen LogP contribution in [0.25, 0.3) is 0 Å². The topological polar surface area (TPSA) is 24.5 Å². The third-order valence-corrected chi connectivity index (χ3v) is 4.10. The lowest BCUT2D eigenvalue weighted by molar-refractivity contribution is 0.225. The van der Waals surface area contributed by atoms with Crippen molar-refractivity contribution in [1.82, 2.24) is 5.32 Å². The number of benzene rings is 1. The summed E-state index contributed by atoms with van der Waals surface area (Å²) in [4.78, 5) is 2.10. The van der Waals surface area contributed by atoms with Gasteiger partial charge in [0.05, 0.1) is 0 Å². The normalized spacial score (nSPS) is 17.4. The Labute approximate surface area is 116 Å². The maximum atomic E-state index is 5.97. The highest BCUT2D eigenvalue weighted by atomic mass is 16.5. The number of likely N-dealkylation sites (N-methyl/N-ethyl adjacent to an activating group) is 1. The van der Waals surface area contributed by atoms with Gasteiger partial charge in [-0.05, 0) is 37.9 Å². The third-order valence-electron chi connectivity index (χ3n) is 4.10. The van der Waals surface area contributed by atoms with E-state index in [0.717, 1.165) is 18.3 Å². The average molecular weight is 262 g/mol. The van der Waals surface area contributed by atoms with Crippen molar-refractivity contribution in [1.29, 1.82) is 0 Å². The van der Waals surface area contributed by atoms with Crippen molar-refractivity contribution < 1.29 is 4.74 Å². The lowest BCUT2D eigenvalue weighted by atomic mass is 9.99. The minimum absolute atomic E-state index is 0.477. The Balaban J connectivity index is 1.91. The van der Waals surface area contributed by atoms with E-state index in [-0.39, 0.29) is 0 Å². The largest absolute Gasteiger partial charge is 0.492 e. The molecular formula is C16H26N2O. The van der Waals surface area contributed by atoms with Crippen molar-refractivity contribution in [2.45, 2.75) is 31.7 Å². The first kappa shape index (κ1) is 14.2. The van der Waals surface area contributed by atoms with E-state index in [4.69, 9.17) is 4.74 Å². The minimum atomic E-state index is 0.477. The summed E-state index contributed by atoms with van der Waals surface area (Å²) in [6.07, 6.45) is 5.43. The molecule has 1 aromatic carbocycles. The molecular weight excluding hydrogens is 236 g/mol. The van der Waals surface area contributed by atoms with Gasteiger partial charge in [-0.1, -0.05) is 18.9 Å². The summed E-state index contributed by atoms with van der Waals surface area (Å²) >= 11 is 0. The summed E-state index contributed by atoms with van der Waals surface area (Å²) in [6, 6.07) is 8.76. The molecule has 3 heteroatoms. The smallest absolute Gasteiger partial charge is 0.121 e. The number of rotatable bonds is 6. The van der Waals surface area contributed by atoms with E-state index in [1.807, 2.05) is 27.2 Å². The van der Waals surface area contributed by atoms with Crippen LogP contribution in [0.5, 0.6) is 5.75 Å². The third kappa shape index (κ3) is 3.87. The van der Waals surface area contributed by atoms with Crippen LogP contribution in [0.15, 0.2) is 24.3 Å². The van der Waals surface area contributed by atoms with Gasteiger partial charge in [-0.25, -0.2) is 0 Å². The van der Waals surface area contributed by atoms with Gasteiger partial charge in [-0.15, -0.1) is 0 Å². The zero-order valence-electron chi connectivity index (χ0n) is 12.4. The van der Waals surface area contributed by atoms with Gasteiger partial charge in [0.2, 0.25) is 0 Å². The van der Waals surface area contributed by atoms with Gasteiger partial charge in [-0.2, -0.15) is 0 Å². The number of hydrogen-bond acceptors (Lipinski definition) is 3. The van der Waals surface area contributed by atoms with E-state index in [1.54, 1.807) is 0 Å². The molecule has 0 amide bonds. The molecule has 2 rings (SSSR count). The molecule has 1 N–H and O–H groups in total. The van der Waals surface area contributed by atoms with E-state index in [1.165, 1.54) is 31.4 Å². The second-order valence-electron chi connectivity index (χ2n) is 5.64. The Morgan fingerprint density at radius 2 is 2.05 bits per heavy atom. The van der Waals surface area contributed by atoms with Gasteiger partial charge in [0.15, 0.2) is 0 Å². The minimum Gasteiger partial charge on any atom is -0.492 e. The Morgan fingerprint density at radius 3 is 2.68 bits per heavy atom. The fourth-order valence-corrected chi connectivity index (χ4v) is 2.85. The molecule has 0 heterocycles. The van der Waals surface area contributed by atoms with E-state index >= 15 is 0 Å². The molecule has 19 heavy (non-hydrogen) atoms. The highest BCUT2D eigenvalue weighted by Crippen LogP contribution is 2.28. The van der Waals surface area contributed by atoms with Crippen LogP contribution in [-0.2, 0) is 0 Å². The zero-order valence-corrected chi connectivity index (χ0v) is 12.4. The Kier molecular flexibility index (Phi) is 5.08. The van der Waals surface area contributed by atoms with E-state index in [0.29, 0.717) is 6.04 Å². The van der Waals surface area contributed by atoms with Crippen LogP contribution in [0.2, 0.25) is 0 Å². The molecule has 1 atom stereocenters. The van der Waals surface area contributed by atoms with Crippen LogP contribution in [0.4, 0.5) is 5.69 Å². The summed E-state index contributed by atoms with van der Waals surface area (Å²) in [7, 11) is 6.14. The fraction of sp³-hybridized carbons (Fsp3) is 0.625. The highest BCUT2D eigenvalue weighted by molar-refractivity contribution is 5.49. The van der Waals surface area contributed by atoms with Gasteiger partial charge >= 0.3 is 0 Å². The summed E-state index contributed by atoms with van der Waals surface area (Å²) in [5.74, 6) is 1.74.